The van der Waals surface area contributed by atoms with Crippen molar-refractivity contribution in [1.82, 2.24) is 10.3 Å². The quantitative estimate of drug-likeness (QED) is 0.879. The van der Waals surface area contributed by atoms with E-state index >= 15 is 0 Å². The van der Waals surface area contributed by atoms with Gasteiger partial charge in [-0.15, -0.1) is 0 Å². The van der Waals surface area contributed by atoms with Crippen LogP contribution in [-0.2, 0) is 6.42 Å². The van der Waals surface area contributed by atoms with Gasteiger partial charge in [0.2, 0.25) is 0 Å². The summed E-state index contributed by atoms with van der Waals surface area (Å²) in [5.41, 5.74) is 5.47. The molecule has 0 spiro atoms. The van der Waals surface area contributed by atoms with E-state index < -0.39 is 0 Å². The van der Waals surface area contributed by atoms with Crippen molar-refractivity contribution in [2.24, 2.45) is 5.92 Å². The molecule has 1 saturated heterocycles. The van der Waals surface area contributed by atoms with Crippen LogP contribution in [0.2, 0.25) is 0 Å². The number of hydrogen-bond acceptors (Lipinski definition) is 3. The maximum absolute atomic E-state index is 12.8. The Morgan fingerprint density at radius 1 is 1.17 bits per heavy atom. The van der Waals surface area contributed by atoms with Gasteiger partial charge in [-0.05, 0) is 62.0 Å². The average molecular weight is 306 g/mol. The van der Waals surface area contributed by atoms with Gasteiger partial charge in [-0.1, -0.05) is 23.8 Å². The second-order valence-electron chi connectivity index (χ2n) is 6.80. The highest BCUT2D eigenvalue weighted by Crippen LogP contribution is 2.41. The Hall–Kier alpha value is -2.00. The van der Waals surface area contributed by atoms with Gasteiger partial charge in [0, 0.05) is 24.1 Å². The van der Waals surface area contributed by atoms with Gasteiger partial charge >= 0.3 is 0 Å². The van der Waals surface area contributed by atoms with Gasteiger partial charge in [0.05, 0.1) is 5.69 Å². The summed E-state index contributed by atoms with van der Waals surface area (Å²) < 4.78 is 0. The Balaban J connectivity index is 1.91. The van der Waals surface area contributed by atoms with Gasteiger partial charge in [-0.25, -0.2) is 0 Å². The van der Waals surface area contributed by atoms with Gasteiger partial charge < -0.3 is 5.32 Å². The highest BCUT2D eigenvalue weighted by Gasteiger charge is 2.34. The summed E-state index contributed by atoms with van der Waals surface area (Å²) in [6.07, 6.45) is 4.63. The Morgan fingerprint density at radius 3 is 2.83 bits per heavy atom. The molecule has 3 nitrogen and oxygen atoms in total. The van der Waals surface area contributed by atoms with E-state index in [0.717, 1.165) is 48.3 Å². The van der Waals surface area contributed by atoms with Crippen LogP contribution in [0.4, 0.5) is 0 Å². The van der Waals surface area contributed by atoms with E-state index in [-0.39, 0.29) is 11.7 Å². The molecule has 2 aliphatic rings. The number of hydrogen-bond donors (Lipinski definition) is 1. The minimum absolute atomic E-state index is 0.231. The molecule has 1 N–H and O–H groups in total. The number of ketones is 1. The molecule has 2 heterocycles. The maximum atomic E-state index is 12.8. The third kappa shape index (κ3) is 2.59. The van der Waals surface area contributed by atoms with Crippen LogP contribution >= 0.6 is 0 Å². The maximum Gasteiger partial charge on any atom is 0.167 e. The molecular formula is C20H22N2O. The van der Waals surface area contributed by atoms with Crippen LogP contribution in [0, 0.1) is 12.8 Å². The van der Waals surface area contributed by atoms with E-state index in [1.54, 1.807) is 0 Å². The topological polar surface area (TPSA) is 42.0 Å². The monoisotopic (exact) mass is 306 g/mol. The molecule has 3 heteroatoms. The molecule has 1 aliphatic carbocycles. The van der Waals surface area contributed by atoms with E-state index in [4.69, 9.17) is 4.98 Å². The molecule has 1 atom stereocenters. The van der Waals surface area contributed by atoms with Crippen LogP contribution in [0.3, 0.4) is 0 Å². The van der Waals surface area contributed by atoms with E-state index in [1.807, 2.05) is 12.3 Å². The molecule has 0 amide bonds. The van der Waals surface area contributed by atoms with Crippen molar-refractivity contribution in [3.05, 3.63) is 64.5 Å². The SMILES string of the molecule is Cc1ccc2c(c1)C(=O)Cc1cccnc1C2C1CCNCC1. The summed E-state index contributed by atoms with van der Waals surface area (Å²) >= 11 is 0. The number of Topliss-reactive ketones (excluding diaryl/α,β-unsaturated/α-hetero) is 1. The van der Waals surface area contributed by atoms with Crippen LogP contribution in [-0.4, -0.2) is 23.9 Å². The summed E-state index contributed by atoms with van der Waals surface area (Å²) in [4.78, 5) is 17.5. The molecule has 1 unspecified atom stereocenters. The zero-order valence-corrected chi connectivity index (χ0v) is 13.5. The van der Waals surface area contributed by atoms with Crippen LogP contribution in [0.5, 0.6) is 0 Å². The summed E-state index contributed by atoms with van der Waals surface area (Å²) in [7, 11) is 0. The molecule has 0 radical (unpaired) electrons. The van der Waals surface area contributed by atoms with Crippen LogP contribution < -0.4 is 5.32 Å². The van der Waals surface area contributed by atoms with Crippen molar-refractivity contribution < 1.29 is 4.79 Å². The fourth-order valence-electron chi connectivity index (χ4n) is 4.13. The molecule has 1 aliphatic heterocycles. The Bertz CT molecular complexity index is 747. The van der Waals surface area contributed by atoms with Gasteiger partial charge in [0.1, 0.15) is 0 Å². The first kappa shape index (κ1) is 14.6. The molecule has 23 heavy (non-hydrogen) atoms. The van der Waals surface area contributed by atoms with Gasteiger partial charge in [-0.2, -0.15) is 0 Å². The molecular weight excluding hydrogens is 284 g/mol. The van der Waals surface area contributed by atoms with Crippen molar-refractivity contribution in [2.45, 2.75) is 32.1 Å². The largest absolute Gasteiger partial charge is 0.317 e. The highest BCUT2D eigenvalue weighted by atomic mass is 16.1. The molecule has 0 bridgehead atoms. The van der Waals surface area contributed by atoms with E-state index in [9.17, 15) is 4.79 Å². The number of aryl methyl sites for hydroxylation is 1. The number of aromatic nitrogens is 1. The number of nitrogens with zero attached hydrogens (tertiary/aromatic N) is 1. The Labute approximate surface area is 137 Å². The van der Waals surface area contributed by atoms with Crippen molar-refractivity contribution in [3.8, 4) is 0 Å². The number of fused-ring (bicyclic) bond motifs is 2. The molecule has 4 rings (SSSR count). The first-order valence-electron chi connectivity index (χ1n) is 8.52. The number of piperidine rings is 1. The van der Waals surface area contributed by atoms with Crippen molar-refractivity contribution in [3.63, 3.8) is 0 Å². The lowest BCUT2D eigenvalue weighted by atomic mass is 9.76. The van der Waals surface area contributed by atoms with Gasteiger partial charge in [0.25, 0.3) is 0 Å². The second-order valence-corrected chi connectivity index (χ2v) is 6.80. The Kier molecular flexibility index (Phi) is 3.74. The summed E-state index contributed by atoms with van der Waals surface area (Å²) in [5, 5.41) is 3.45. The molecule has 1 fully saturated rings. The first-order valence-corrected chi connectivity index (χ1v) is 8.52. The Morgan fingerprint density at radius 2 is 2.00 bits per heavy atom. The number of benzene rings is 1. The minimum atomic E-state index is 0.231. The zero-order chi connectivity index (χ0) is 15.8. The normalized spacial score (nSPS) is 21.4. The first-order chi connectivity index (χ1) is 11.2. The fraction of sp³-hybridized carbons (Fsp3) is 0.400. The van der Waals surface area contributed by atoms with Crippen molar-refractivity contribution in [2.75, 3.05) is 13.1 Å². The molecule has 118 valence electrons. The van der Waals surface area contributed by atoms with E-state index in [0.29, 0.717) is 12.3 Å². The minimum Gasteiger partial charge on any atom is -0.317 e. The third-order valence-electron chi connectivity index (χ3n) is 5.27. The smallest absolute Gasteiger partial charge is 0.167 e. The standard InChI is InChI=1S/C20H22N2O/c1-13-4-5-16-17(11-13)18(23)12-15-3-2-8-22-20(15)19(16)14-6-9-21-10-7-14/h2-5,8,11,14,19,21H,6-7,9-10,12H2,1H3. The third-order valence-corrected chi connectivity index (χ3v) is 5.27. The number of carbonyl (C=O) groups excluding carboxylic acids is 1. The number of carbonyl (C=O) groups is 1. The summed E-state index contributed by atoms with van der Waals surface area (Å²) in [6, 6.07) is 10.4. The number of pyridine rings is 1. The lowest BCUT2D eigenvalue weighted by Crippen LogP contribution is -2.32. The van der Waals surface area contributed by atoms with Crippen LogP contribution in [0.25, 0.3) is 0 Å². The zero-order valence-electron chi connectivity index (χ0n) is 13.5. The predicted molar refractivity (Wildman–Crippen MR) is 90.9 cm³/mol. The highest BCUT2D eigenvalue weighted by molar-refractivity contribution is 6.00. The van der Waals surface area contributed by atoms with Crippen molar-refractivity contribution >= 4 is 5.78 Å². The fourth-order valence-corrected chi connectivity index (χ4v) is 4.13. The molecule has 1 aromatic carbocycles. The lowest BCUT2D eigenvalue weighted by Gasteiger charge is -2.31. The predicted octanol–water partition coefficient (Wildman–Crippen LogP) is 3.26. The molecule has 2 aromatic rings. The second kappa shape index (κ2) is 5.89. The molecule has 0 saturated carbocycles. The van der Waals surface area contributed by atoms with Crippen molar-refractivity contribution in [1.29, 1.82) is 0 Å². The summed E-state index contributed by atoms with van der Waals surface area (Å²) in [6.45, 7) is 4.17. The molecule has 1 aromatic heterocycles. The number of nitrogens with one attached hydrogen (secondary N) is 1. The number of rotatable bonds is 1. The van der Waals surface area contributed by atoms with Crippen LogP contribution in [0.15, 0.2) is 36.5 Å². The van der Waals surface area contributed by atoms with Gasteiger partial charge in [0.15, 0.2) is 5.78 Å². The van der Waals surface area contributed by atoms with E-state index in [1.165, 1.54) is 5.56 Å². The lowest BCUT2D eigenvalue weighted by molar-refractivity contribution is 0.0993. The van der Waals surface area contributed by atoms with Gasteiger partial charge in [-0.3, -0.25) is 9.78 Å². The average Bonchev–Trinajstić information content (AvgIpc) is 2.70. The summed E-state index contributed by atoms with van der Waals surface area (Å²) in [5.74, 6) is 1.03. The van der Waals surface area contributed by atoms with Crippen LogP contribution in [0.1, 0.15) is 51.5 Å². The van der Waals surface area contributed by atoms with E-state index in [2.05, 4.69) is 36.5 Å².